The molecule has 26 heavy (non-hydrogen) atoms. The number of fused-ring (bicyclic) bond motifs is 1. The van der Waals surface area contributed by atoms with Crippen LogP contribution in [0.4, 0.5) is 0 Å². The van der Waals surface area contributed by atoms with Crippen LogP contribution in [0.1, 0.15) is 17.3 Å². The molecule has 0 aromatic carbocycles. The van der Waals surface area contributed by atoms with Crippen LogP contribution in [-0.2, 0) is 11.5 Å². The lowest BCUT2D eigenvalue weighted by Crippen LogP contribution is -2.22. The summed E-state index contributed by atoms with van der Waals surface area (Å²) in [5.74, 6) is 1.46. The number of nitrogens with zero attached hydrogens (tertiary/aromatic N) is 5. The molecule has 0 aliphatic rings. The van der Waals surface area contributed by atoms with Crippen molar-refractivity contribution in [3.8, 4) is 0 Å². The van der Waals surface area contributed by atoms with Gasteiger partial charge in [-0.25, -0.2) is 14.5 Å². The van der Waals surface area contributed by atoms with Crippen molar-refractivity contribution >= 4 is 41.8 Å². The maximum atomic E-state index is 5.83. The molecular weight excluding hydrogens is 410 g/mol. The van der Waals surface area contributed by atoms with Gasteiger partial charge in [-0.1, -0.05) is 25.7 Å². The van der Waals surface area contributed by atoms with Gasteiger partial charge in [-0.2, -0.15) is 0 Å². The molecule has 0 aliphatic carbocycles. The number of aromatic nitrogens is 5. The van der Waals surface area contributed by atoms with Gasteiger partial charge in [-0.3, -0.25) is 0 Å². The zero-order valence-electron chi connectivity index (χ0n) is 15.6. The number of hydrogen-bond donors (Lipinski definition) is 0. The minimum atomic E-state index is -1.08. The first-order chi connectivity index (χ1) is 12.3. The van der Waals surface area contributed by atoms with Crippen LogP contribution in [0.3, 0.4) is 0 Å². The minimum Gasteiger partial charge on any atom is -0.361 e. The standard InChI is InChI=1S/C18H24BrN5OSi/c1-14-6-5-7-18-21-16(22-24(14)18)8-9-17-20-15(19)12-23(17)13-25-10-11-26(2,3)4/h5-9,12H,10-11,13H2,1-4H3/b9-8+. The van der Waals surface area contributed by atoms with Crippen molar-refractivity contribution in [3.05, 3.63) is 46.3 Å². The number of aryl methyl sites for hydroxylation is 1. The Morgan fingerprint density at radius 2 is 2.00 bits per heavy atom. The number of rotatable bonds is 7. The SMILES string of the molecule is Cc1cccc2nc(/C=C/c3nc(Br)cn3COCC[Si](C)(C)C)nn12. The Labute approximate surface area is 163 Å². The highest BCUT2D eigenvalue weighted by atomic mass is 79.9. The number of hydrogen-bond acceptors (Lipinski definition) is 4. The Balaban J connectivity index is 1.70. The van der Waals surface area contributed by atoms with E-state index in [4.69, 9.17) is 4.74 Å². The monoisotopic (exact) mass is 433 g/mol. The molecule has 0 aliphatic heterocycles. The number of ether oxygens (including phenoxy) is 1. The second-order valence-electron chi connectivity index (χ2n) is 7.48. The Bertz CT molecular complexity index is 925. The molecule has 138 valence electrons. The van der Waals surface area contributed by atoms with Gasteiger partial charge >= 0.3 is 0 Å². The Kier molecular flexibility index (Phi) is 5.74. The first-order valence-corrected chi connectivity index (χ1v) is 13.1. The van der Waals surface area contributed by atoms with Crippen molar-refractivity contribution in [2.24, 2.45) is 0 Å². The smallest absolute Gasteiger partial charge is 0.175 e. The van der Waals surface area contributed by atoms with Crippen LogP contribution in [0, 0.1) is 6.92 Å². The predicted octanol–water partition coefficient (Wildman–Crippen LogP) is 4.48. The summed E-state index contributed by atoms with van der Waals surface area (Å²) in [5.41, 5.74) is 1.89. The zero-order chi connectivity index (χ0) is 18.7. The van der Waals surface area contributed by atoms with Crippen LogP contribution in [0.15, 0.2) is 29.0 Å². The highest BCUT2D eigenvalue weighted by Crippen LogP contribution is 2.14. The third-order valence-corrected chi connectivity index (χ3v) is 6.04. The molecule has 3 aromatic heterocycles. The Morgan fingerprint density at radius 3 is 2.73 bits per heavy atom. The summed E-state index contributed by atoms with van der Waals surface area (Å²) in [5, 5.41) is 4.51. The average molecular weight is 434 g/mol. The molecule has 0 bridgehead atoms. The molecule has 3 heterocycles. The highest BCUT2D eigenvalue weighted by Gasteiger charge is 2.12. The summed E-state index contributed by atoms with van der Waals surface area (Å²) >= 11 is 3.44. The van der Waals surface area contributed by atoms with Crippen LogP contribution in [-0.4, -0.2) is 38.8 Å². The molecule has 0 spiro atoms. The van der Waals surface area contributed by atoms with E-state index >= 15 is 0 Å². The van der Waals surface area contributed by atoms with Crippen molar-refractivity contribution in [3.63, 3.8) is 0 Å². The van der Waals surface area contributed by atoms with Crippen molar-refractivity contribution in [2.45, 2.75) is 39.3 Å². The summed E-state index contributed by atoms with van der Waals surface area (Å²) in [6.45, 7) is 10.3. The minimum absolute atomic E-state index is 0.487. The van der Waals surface area contributed by atoms with Gasteiger partial charge in [-0.15, -0.1) is 5.10 Å². The Hall–Kier alpha value is -1.77. The summed E-state index contributed by atoms with van der Waals surface area (Å²) in [6.07, 6.45) is 5.71. The van der Waals surface area contributed by atoms with E-state index < -0.39 is 8.07 Å². The number of halogens is 1. The average Bonchev–Trinajstić information content (AvgIpc) is 3.12. The van der Waals surface area contributed by atoms with Crippen LogP contribution >= 0.6 is 15.9 Å². The lowest BCUT2D eigenvalue weighted by Gasteiger charge is -2.15. The number of imidazole rings is 1. The molecule has 3 rings (SSSR count). The van der Waals surface area contributed by atoms with Crippen molar-refractivity contribution in [1.29, 1.82) is 0 Å². The maximum Gasteiger partial charge on any atom is 0.175 e. The largest absolute Gasteiger partial charge is 0.361 e. The molecule has 8 heteroatoms. The summed E-state index contributed by atoms with van der Waals surface area (Å²) in [4.78, 5) is 9.00. The van der Waals surface area contributed by atoms with E-state index in [0.29, 0.717) is 12.6 Å². The predicted molar refractivity (Wildman–Crippen MR) is 111 cm³/mol. The van der Waals surface area contributed by atoms with Crippen LogP contribution in [0.25, 0.3) is 17.8 Å². The normalized spacial score (nSPS) is 12.5. The molecule has 0 saturated heterocycles. The lowest BCUT2D eigenvalue weighted by molar-refractivity contribution is 0.0867. The van der Waals surface area contributed by atoms with Gasteiger partial charge in [0.1, 0.15) is 17.2 Å². The quantitative estimate of drug-likeness (QED) is 0.407. The van der Waals surface area contributed by atoms with Crippen molar-refractivity contribution in [1.82, 2.24) is 24.1 Å². The molecule has 0 N–H and O–H groups in total. The molecule has 0 fully saturated rings. The van der Waals surface area contributed by atoms with Crippen LogP contribution in [0.5, 0.6) is 0 Å². The molecule has 0 atom stereocenters. The first-order valence-electron chi connectivity index (χ1n) is 8.63. The second kappa shape index (κ2) is 7.85. The third-order valence-electron chi connectivity index (χ3n) is 3.95. The van der Waals surface area contributed by atoms with Gasteiger partial charge in [0.15, 0.2) is 11.5 Å². The van der Waals surface area contributed by atoms with E-state index in [2.05, 4.69) is 50.6 Å². The van der Waals surface area contributed by atoms with E-state index in [1.807, 2.05) is 52.6 Å². The van der Waals surface area contributed by atoms with E-state index in [-0.39, 0.29) is 0 Å². The summed E-state index contributed by atoms with van der Waals surface area (Å²) < 4.78 is 10.4. The van der Waals surface area contributed by atoms with Crippen molar-refractivity contribution in [2.75, 3.05) is 6.61 Å². The van der Waals surface area contributed by atoms with Crippen LogP contribution < -0.4 is 0 Å². The van der Waals surface area contributed by atoms with Gasteiger partial charge in [0.25, 0.3) is 0 Å². The molecule has 0 radical (unpaired) electrons. The molecule has 3 aromatic rings. The van der Waals surface area contributed by atoms with Gasteiger partial charge < -0.3 is 9.30 Å². The van der Waals surface area contributed by atoms with Gasteiger partial charge in [0.05, 0.1) is 0 Å². The molecule has 0 saturated carbocycles. The highest BCUT2D eigenvalue weighted by molar-refractivity contribution is 9.10. The second-order valence-corrected chi connectivity index (χ2v) is 13.9. The van der Waals surface area contributed by atoms with E-state index in [9.17, 15) is 0 Å². The summed E-state index contributed by atoms with van der Waals surface area (Å²) in [7, 11) is -1.08. The molecule has 6 nitrogen and oxygen atoms in total. The fourth-order valence-corrected chi connectivity index (χ4v) is 3.63. The lowest BCUT2D eigenvalue weighted by atomic mass is 10.4. The first kappa shape index (κ1) is 19.0. The summed E-state index contributed by atoms with van der Waals surface area (Å²) in [6, 6.07) is 7.09. The fraction of sp³-hybridized carbons (Fsp3) is 0.389. The number of pyridine rings is 1. The zero-order valence-corrected chi connectivity index (χ0v) is 18.2. The Morgan fingerprint density at radius 1 is 1.19 bits per heavy atom. The van der Waals surface area contributed by atoms with E-state index in [1.165, 1.54) is 0 Å². The topological polar surface area (TPSA) is 57.2 Å². The maximum absolute atomic E-state index is 5.83. The molecule has 0 unspecified atom stereocenters. The van der Waals surface area contributed by atoms with Crippen LogP contribution in [0.2, 0.25) is 25.7 Å². The van der Waals surface area contributed by atoms with E-state index in [0.717, 1.165) is 34.4 Å². The van der Waals surface area contributed by atoms with E-state index in [1.54, 1.807) is 0 Å². The molecule has 0 amide bonds. The van der Waals surface area contributed by atoms with Gasteiger partial charge in [0, 0.05) is 26.6 Å². The van der Waals surface area contributed by atoms with Gasteiger partial charge in [0.2, 0.25) is 0 Å². The van der Waals surface area contributed by atoms with Crippen molar-refractivity contribution < 1.29 is 4.74 Å². The molecular formula is C18H24BrN5OSi. The fourth-order valence-electron chi connectivity index (χ4n) is 2.45. The third kappa shape index (κ3) is 4.90. The van der Waals surface area contributed by atoms with Gasteiger partial charge in [-0.05, 0) is 53.2 Å².